The van der Waals surface area contributed by atoms with Gasteiger partial charge in [-0.3, -0.25) is 4.79 Å². The zero-order valence-electron chi connectivity index (χ0n) is 9.04. The highest BCUT2D eigenvalue weighted by atomic mass is 16.3. The molecule has 0 spiro atoms. The number of carbonyl (C=O) groups is 1. The second kappa shape index (κ2) is 4.10. The monoisotopic (exact) mass is 212 g/mol. The molecule has 2 aliphatic rings. The van der Waals surface area contributed by atoms with Crippen molar-refractivity contribution in [3.8, 4) is 0 Å². The third kappa shape index (κ3) is 2.32. The maximum absolute atomic E-state index is 11.6. The van der Waals surface area contributed by atoms with E-state index in [4.69, 9.17) is 10.8 Å². The van der Waals surface area contributed by atoms with Gasteiger partial charge in [-0.1, -0.05) is 6.42 Å². The Balaban J connectivity index is 1.75. The molecule has 15 heavy (non-hydrogen) atoms. The Morgan fingerprint density at radius 3 is 2.67 bits per heavy atom. The van der Waals surface area contributed by atoms with E-state index < -0.39 is 5.54 Å². The molecule has 2 saturated carbocycles. The van der Waals surface area contributed by atoms with Crippen molar-refractivity contribution in [1.82, 2.24) is 5.32 Å². The second-order valence-electron chi connectivity index (χ2n) is 5.00. The average molecular weight is 212 g/mol. The number of carbonyl (C=O) groups excluding carboxylic acids is 1. The molecule has 0 bridgehead atoms. The van der Waals surface area contributed by atoms with Gasteiger partial charge in [0.2, 0.25) is 5.91 Å². The Hall–Kier alpha value is -0.610. The van der Waals surface area contributed by atoms with Crippen molar-refractivity contribution < 1.29 is 9.90 Å². The largest absolute Gasteiger partial charge is 0.396 e. The number of nitrogens with one attached hydrogen (secondary N) is 1. The van der Waals surface area contributed by atoms with Gasteiger partial charge in [0.1, 0.15) is 0 Å². The highest BCUT2D eigenvalue weighted by Crippen LogP contribution is 2.33. The second-order valence-corrected chi connectivity index (χ2v) is 5.00. The van der Waals surface area contributed by atoms with Crippen LogP contribution < -0.4 is 11.1 Å². The zero-order valence-corrected chi connectivity index (χ0v) is 9.04. The molecule has 0 aromatic carbocycles. The molecule has 4 heteroatoms. The minimum atomic E-state index is -0.562. The summed E-state index contributed by atoms with van der Waals surface area (Å²) >= 11 is 0. The lowest BCUT2D eigenvalue weighted by molar-refractivity contribution is -0.123. The third-order valence-electron chi connectivity index (χ3n) is 3.82. The van der Waals surface area contributed by atoms with Crippen molar-refractivity contribution in [3.63, 3.8) is 0 Å². The molecular formula is C11H20N2O2. The summed E-state index contributed by atoms with van der Waals surface area (Å²) in [5.74, 6) is 0.811. The number of hydrogen-bond acceptors (Lipinski definition) is 3. The summed E-state index contributed by atoms with van der Waals surface area (Å²) in [4.78, 5) is 11.6. The zero-order chi connectivity index (χ0) is 10.9. The van der Waals surface area contributed by atoms with Crippen LogP contribution in [0.2, 0.25) is 0 Å². The van der Waals surface area contributed by atoms with Crippen molar-refractivity contribution >= 4 is 5.91 Å². The van der Waals surface area contributed by atoms with E-state index in [2.05, 4.69) is 5.32 Å². The van der Waals surface area contributed by atoms with Crippen molar-refractivity contribution in [2.75, 3.05) is 13.2 Å². The Kier molecular flexibility index (Phi) is 2.98. The molecule has 0 saturated heterocycles. The molecule has 4 nitrogen and oxygen atoms in total. The summed E-state index contributed by atoms with van der Waals surface area (Å²) in [6, 6.07) is 0. The average Bonchev–Trinajstić information content (AvgIpc) is 2.83. The summed E-state index contributed by atoms with van der Waals surface area (Å²) in [6.07, 6.45) is 4.99. The fourth-order valence-electron chi connectivity index (χ4n) is 2.38. The van der Waals surface area contributed by atoms with Gasteiger partial charge in [-0.05, 0) is 37.5 Å². The van der Waals surface area contributed by atoms with Crippen LogP contribution in [-0.2, 0) is 4.79 Å². The first kappa shape index (κ1) is 10.9. The van der Waals surface area contributed by atoms with Crippen LogP contribution in [0.3, 0.4) is 0 Å². The highest BCUT2D eigenvalue weighted by Gasteiger charge is 2.46. The van der Waals surface area contributed by atoms with E-state index in [1.807, 2.05) is 0 Å². The van der Waals surface area contributed by atoms with Gasteiger partial charge in [0.25, 0.3) is 0 Å². The summed E-state index contributed by atoms with van der Waals surface area (Å²) in [6.45, 7) is 0.928. The predicted octanol–water partition coefficient (Wildman–Crippen LogP) is 0.00250. The van der Waals surface area contributed by atoms with E-state index in [0.717, 1.165) is 25.7 Å². The molecule has 2 fully saturated rings. The first-order chi connectivity index (χ1) is 7.15. The first-order valence-electron chi connectivity index (χ1n) is 5.84. The topological polar surface area (TPSA) is 75.4 Å². The smallest absolute Gasteiger partial charge is 0.240 e. The van der Waals surface area contributed by atoms with Gasteiger partial charge < -0.3 is 16.2 Å². The van der Waals surface area contributed by atoms with Gasteiger partial charge in [0.05, 0.1) is 5.54 Å². The molecule has 0 heterocycles. The van der Waals surface area contributed by atoms with Gasteiger partial charge in [-0.15, -0.1) is 0 Å². The first-order valence-corrected chi connectivity index (χ1v) is 5.84. The molecule has 2 rings (SSSR count). The quantitative estimate of drug-likeness (QED) is 0.614. The van der Waals surface area contributed by atoms with Crippen molar-refractivity contribution in [2.45, 2.75) is 37.6 Å². The van der Waals surface area contributed by atoms with Crippen molar-refractivity contribution in [1.29, 1.82) is 0 Å². The third-order valence-corrected chi connectivity index (χ3v) is 3.82. The minimum absolute atomic E-state index is 0.00825. The van der Waals surface area contributed by atoms with Gasteiger partial charge in [0.15, 0.2) is 0 Å². The Labute approximate surface area is 90.2 Å². The maximum Gasteiger partial charge on any atom is 0.240 e. The molecule has 0 radical (unpaired) electrons. The molecule has 86 valence electrons. The fourth-order valence-corrected chi connectivity index (χ4v) is 2.38. The van der Waals surface area contributed by atoms with Crippen LogP contribution in [0.5, 0.6) is 0 Å². The molecule has 2 atom stereocenters. The Morgan fingerprint density at radius 2 is 2.07 bits per heavy atom. The minimum Gasteiger partial charge on any atom is -0.396 e. The van der Waals surface area contributed by atoms with Crippen LogP contribution in [0.1, 0.15) is 32.1 Å². The predicted molar refractivity (Wildman–Crippen MR) is 57.1 cm³/mol. The summed E-state index contributed by atoms with van der Waals surface area (Å²) in [5, 5.41) is 12.1. The summed E-state index contributed by atoms with van der Waals surface area (Å²) in [7, 11) is 0. The SMILES string of the molecule is NC1(C(=O)NCC2CCCC2CO)CC1. The number of rotatable bonds is 4. The molecular weight excluding hydrogens is 192 g/mol. The van der Waals surface area contributed by atoms with E-state index in [0.29, 0.717) is 18.4 Å². The van der Waals surface area contributed by atoms with Crippen LogP contribution in [0.25, 0.3) is 0 Å². The lowest BCUT2D eigenvalue weighted by Crippen LogP contribution is -2.44. The van der Waals surface area contributed by atoms with Crippen LogP contribution in [0, 0.1) is 11.8 Å². The number of aliphatic hydroxyl groups is 1. The lowest BCUT2D eigenvalue weighted by atomic mass is 9.97. The molecule has 0 aromatic heterocycles. The van der Waals surface area contributed by atoms with Crippen LogP contribution >= 0.6 is 0 Å². The summed E-state index contributed by atoms with van der Waals surface area (Å²) < 4.78 is 0. The number of aliphatic hydroxyl groups excluding tert-OH is 1. The number of amides is 1. The van der Waals surface area contributed by atoms with Gasteiger partial charge >= 0.3 is 0 Å². The molecule has 4 N–H and O–H groups in total. The maximum atomic E-state index is 11.6. The molecule has 0 aromatic rings. The fraction of sp³-hybridized carbons (Fsp3) is 0.909. The Bertz CT molecular complexity index is 251. The molecule has 2 aliphatic carbocycles. The summed E-state index contributed by atoms with van der Waals surface area (Å²) in [5.41, 5.74) is 5.22. The number of nitrogens with two attached hydrogens (primary N) is 1. The van der Waals surface area contributed by atoms with E-state index >= 15 is 0 Å². The standard InChI is InChI=1S/C11H20N2O2/c12-11(4-5-11)10(15)13-6-8-2-1-3-9(8)7-14/h8-9,14H,1-7,12H2,(H,13,15). The number of hydrogen-bond donors (Lipinski definition) is 3. The van der Waals surface area contributed by atoms with Crippen LogP contribution in [-0.4, -0.2) is 29.7 Å². The van der Waals surface area contributed by atoms with Crippen LogP contribution in [0.15, 0.2) is 0 Å². The van der Waals surface area contributed by atoms with E-state index in [1.165, 1.54) is 6.42 Å². The van der Waals surface area contributed by atoms with Gasteiger partial charge in [0, 0.05) is 13.2 Å². The lowest BCUT2D eigenvalue weighted by Gasteiger charge is -2.19. The van der Waals surface area contributed by atoms with Gasteiger partial charge in [-0.25, -0.2) is 0 Å². The molecule has 0 aliphatic heterocycles. The van der Waals surface area contributed by atoms with E-state index in [9.17, 15) is 4.79 Å². The highest BCUT2D eigenvalue weighted by molar-refractivity contribution is 5.88. The van der Waals surface area contributed by atoms with Gasteiger partial charge in [-0.2, -0.15) is 0 Å². The normalized spacial score (nSPS) is 32.7. The van der Waals surface area contributed by atoms with Crippen molar-refractivity contribution in [3.05, 3.63) is 0 Å². The van der Waals surface area contributed by atoms with Crippen molar-refractivity contribution in [2.24, 2.45) is 17.6 Å². The Morgan fingerprint density at radius 1 is 1.40 bits per heavy atom. The molecule has 2 unspecified atom stereocenters. The van der Waals surface area contributed by atoms with Crippen LogP contribution in [0.4, 0.5) is 0 Å². The van der Waals surface area contributed by atoms with E-state index in [1.54, 1.807) is 0 Å². The van der Waals surface area contributed by atoms with E-state index in [-0.39, 0.29) is 12.5 Å². The molecule has 1 amide bonds.